The van der Waals surface area contributed by atoms with Gasteiger partial charge in [0, 0.05) is 23.5 Å². The number of nitro benzene ring substituents is 1. The van der Waals surface area contributed by atoms with Crippen molar-refractivity contribution in [1.82, 2.24) is 4.98 Å². The molecule has 0 aliphatic rings. The van der Waals surface area contributed by atoms with Gasteiger partial charge in [0.05, 0.1) is 10.5 Å². The van der Waals surface area contributed by atoms with E-state index >= 15 is 0 Å². The average Bonchev–Trinajstić information content (AvgIpc) is 2.41. The summed E-state index contributed by atoms with van der Waals surface area (Å²) in [6.07, 6.45) is 1.33. The summed E-state index contributed by atoms with van der Waals surface area (Å²) in [6, 6.07) is 7.51. The highest BCUT2D eigenvalue weighted by molar-refractivity contribution is 6.29. The van der Waals surface area contributed by atoms with Gasteiger partial charge < -0.3 is 5.32 Å². The monoisotopic (exact) mass is 291 g/mol. The molecule has 1 N–H and O–H groups in total. The lowest BCUT2D eigenvalue weighted by Crippen LogP contribution is -2.12. The van der Waals surface area contributed by atoms with E-state index in [0.717, 1.165) is 0 Å². The standard InChI is InChI=1S/C13H10ClN3O3/c1-8-2-4-10(6-11(8)17(19)20)16-13(18)9-3-5-12(14)15-7-9/h2-7H,1H3,(H,16,18). The molecular weight excluding hydrogens is 282 g/mol. The van der Waals surface area contributed by atoms with Gasteiger partial charge in [-0.15, -0.1) is 0 Å². The second-order valence-corrected chi connectivity index (χ2v) is 4.47. The van der Waals surface area contributed by atoms with Gasteiger partial charge >= 0.3 is 0 Å². The van der Waals surface area contributed by atoms with Gasteiger partial charge in [0.1, 0.15) is 5.15 Å². The molecule has 2 aromatic rings. The number of aromatic nitrogens is 1. The van der Waals surface area contributed by atoms with Crippen molar-refractivity contribution in [2.75, 3.05) is 5.32 Å². The molecule has 1 amide bonds. The Labute approximate surface area is 119 Å². The zero-order chi connectivity index (χ0) is 14.7. The van der Waals surface area contributed by atoms with Crippen LogP contribution < -0.4 is 5.32 Å². The molecule has 102 valence electrons. The van der Waals surface area contributed by atoms with Gasteiger partial charge in [-0.05, 0) is 25.1 Å². The second kappa shape index (κ2) is 5.66. The number of carbonyl (C=O) groups is 1. The van der Waals surface area contributed by atoms with Crippen molar-refractivity contribution in [1.29, 1.82) is 0 Å². The first-order valence-corrected chi connectivity index (χ1v) is 6.03. The Morgan fingerprint density at radius 1 is 1.35 bits per heavy atom. The maximum absolute atomic E-state index is 11.9. The van der Waals surface area contributed by atoms with Crippen LogP contribution >= 0.6 is 11.6 Å². The fourth-order valence-corrected chi connectivity index (χ4v) is 1.71. The van der Waals surface area contributed by atoms with Crippen molar-refractivity contribution in [2.24, 2.45) is 0 Å². The SMILES string of the molecule is Cc1ccc(NC(=O)c2ccc(Cl)nc2)cc1[N+](=O)[O-]. The summed E-state index contributed by atoms with van der Waals surface area (Å²) < 4.78 is 0. The highest BCUT2D eigenvalue weighted by Crippen LogP contribution is 2.22. The fraction of sp³-hybridized carbons (Fsp3) is 0.0769. The van der Waals surface area contributed by atoms with Crippen molar-refractivity contribution in [3.8, 4) is 0 Å². The summed E-state index contributed by atoms with van der Waals surface area (Å²) in [6.45, 7) is 1.63. The van der Waals surface area contributed by atoms with E-state index < -0.39 is 10.8 Å². The molecule has 1 aromatic heterocycles. The first-order chi connectivity index (χ1) is 9.47. The minimum absolute atomic E-state index is 0.0444. The number of carbonyl (C=O) groups excluding carboxylic acids is 1. The van der Waals surface area contributed by atoms with Gasteiger partial charge in [0.25, 0.3) is 11.6 Å². The minimum Gasteiger partial charge on any atom is -0.322 e. The number of pyridine rings is 1. The number of hydrogen-bond acceptors (Lipinski definition) is 4. The van der Waals surface area contributed by atoms with Crippen molar-refractivity contribution in [2.45, 2.75) is 6.92 Å². The van der Waals surface area contributed by atoms with Crippen LogP contribution in [0.15, 0.2) is 36.5 Å². The molecule has 6 nitrogen and oxygen atoms in total. The Hall–Kier alpha value is -2.47. The van der Waals surface area contributed by atoms with Crippen molar-refractivity contribution >= 4 is 28.9 Å². The van der Waals surface area contributed by atoms with Crippen molar-refractivity contribution < 1.29 is 9.72 Å². The maximum Gasteiger partial charge on any atom is 0.274 e. The predicted molar refractivity (Wildman–Crippen MR) is 75.0 cm³/mol. The summed E-state index contributed by atoms with van der Waals surface area (Å²) in [5.74, 6) is -0.410. The van der Waals surface area contributed by atoms with E-state index in [1.807, 2.05) is 0 Å². The van der Waals surface area contributed by atoms with Crippen LogP contribution in [0.5, 0.6) is 0 Å². The van der Waals surface area contributed by atoms with E-state index in [1.165, 1.54) is 24.4 Å². The molecule has 0 spiro atoms. The van der Waals surface area contributed by atoms with E-state index in [4.69, 9.17) is 11.6 Å². The number of benzene rings is 1. The number of aryl methyl sites for hydroxylation is 1. The number of anilines is 1. The quantitative estimate of drug-likeness (QED) is 0.534. The van der Waals surface area contributed by atoms with Crippen LogP contribution in [0.3, 0.4) is 0 Å². The molecule has 0 unspecified atom stereocenters. The molecule has 20 heavy (non-hydrogen) atoms. The molecule has 0 saturated carbocycles. The molecule has 0 saturated heterocycles. The van der Waals surface area contributed by atoms with Crippen molar-refractivity contribution in [3.63, 3.8) is 0 Å². The number of amides is 1. The topological polar surface area (TPSA) is 85.1 Å². The molecule has 0 radical (unpaired) electrons. The van der Waals surface area contributed by atoms with Crippen LogP contribution in [0, 0.1) is 17.0 Å². The number of nitrogens with zero attached hydrogens (tertiary/aromatic N) is 2. The largest absolute Gasteiger partial charge is 0.322 e. The van der Waals surface area contributed by atoms with Gasteiger partial charge in [0.2, 0.25) is 0 Å². The number of nitrogens with one attached hydrogen (secondary N) is 1. The molecule has 1 heterocycles. The Kier molecular flexibility index (Phi) is 3.95. The number of hydrogen-bond donors (Lipinski definition) is 1. The minimum atomic E-state index is -0.491. The molecular formula is C13H10ClN3O3. The third kappa shape index (κ3) is 3.10. The average molecular weight is 292 g/mol. The van der Waals surface area contributed by atoms with E-state index in [0.29, 0.717) is 16.8 Å². The normalized spacial score (nSPS) is 10.1. The van der Waals surface area contributed by atoms with Crippen molar-refractivity contribution in [3.05, 3.63) is 62.9 Å². The van der Waals surface area contributed by atoms with Crippen LogP contribution in [-0.2, 0) is 0 Å². The van der Waals surface area contributed by atoms with E-state index in [9.17, 15) is 14.9 Å². The summed E-state index contributed by atoms with van der Waals surface area (Å²) >= 11 is 5.63. The number of nitro groups is 1. The zero-order valence-electron chi connectivity index (χ0n) is 10.5. The molecule has 0 aliphatic heterocycles. The highest BCUT2D eigenvalue weighted by Gasteiger charge is 2.13. The van der Waals surface area contributed by atoms with Gasteiger partial charge in [-0.2, -0.15) is 0 Å². The first-order valence-electron chi connectivity index (χ1n) is 5.65. The summed E-state index contributed by atoms with van der Waals surface area (Å²) in [5, 5.41) is 13.7. The van der Waals surface area contributed by atoms with Gasteiger partial charge in [0.15, 0.2) is 0 Å². The van der Waals surface area contributed by atoms with Crippen LogP contribution in [0.4, 0.5) is 11.4 Å². The van der Waals surface area contributed by atoms with Crippen LogP contribution in [-0.4, -0.2) is 15.8 Å². The van der Waals surface area contributed by atoms with E-state index in [2.05, 4.69) is 10.3 Å². The zero-order valence-corrected chi connectivity index (χ0v) is 11.2. The molecule has 1 aromatic carbocycles. The molecule has 0 aliphatic carbocycles. The van der Waals surface area contributed by atoms with Crippen LogP contribution in [0.25, 0.3) is 0 Å². The second-order valence-electron chi connectivity index (χ2n) is 4.08. The third-order valence-electron chi connectivity index (χ3n) is 2.65. The molecule has 2 rings (SSSR count). The van der Waals surface area contributed by atoms with E-state index in [-0.39, 0.29) is 10.8 Å². The summed E-state index contributed by atoms with van der Waals surface area (Å²) in [7, 11) is 0. The first kappa shape index (κ1) is 14.0. The Bertz CT molecular complexity index is 671. The van der Waals surface area contributed by atoms with E-state index in [1.54, 1.807) is 19.1 Å². The molecule has 7 heteroatoms. The third-order valence-corrected chi connectivity index (χ3v) is 2.88. The lowest BCUT2D eigenvalue weighted by molar-refractivity contribution is -0.385. The molecule has 0 atom stereocenters. The van der Waals surface area contributed by atoms with Gasteiger partial charge in [-0.1, -0.05) is 17.7 Å². The Morgan fingerprint density at radius 3 is 2.70 bits per heavy atom. The smallest absolute Gasteiger partial charge is 0.274 e. The van der Waals surface area contributed by atoms with Crippen LogP contribution in [0.2, 0.25) is 5.15 Å². The number of rotatable bonds is 3. The highest BCUT2D eigenvalue weighted by atomic mass is 35.5. The Balaban J connectivity index is 2.21. The lowest BCUT2D eigenvalue weighted by atomic mass is 10.2. The fourth-order valence-electron chi connectivity index (χ4n) is 1.60. The maximum atomic E-state index is 11.9. The number of halogens is 1. The van der Waals surface area contributed by atoms with Gasteiger partial charge in [-0.3, -0.25) is 14.9 Å². The lowest BCUT2D eigenvalue weighted by Gasteiger charge is -2.06. The van der Waals surface area contributed by atoms with Gasteiger partial charge in [-0.25, -0.2) is 4.98 Å². The van der Waals surface area contributed by atoms with Crippen LogP contribution in [0.1, 0.15) is 15.9 Å². The predicted octanol–water partition coefficient (Wildman–Crippen LogP) is 3.20. The Morgan fingerprint density at radius 2 is 2.10 bits per heavy atom. The summed E-state index contributed by atoms with van der Waals surface area (Å²) in [4.78, 5) is 26.1. The molecule has 0 fully saturated rings. The molecule has 0 bridgehead atoms. The summed E-state index contributed by atoms with van der Waals surface area (Å²) in [5.41, 5.74) is 1.15.